The Kier molecular flexibility index (Phi) is 8.40. The molecule has 0 aliphatic carbocycles. The van der Waals surface area contributed by atoms with Crippen LogP contribution in [0.15, 0.2) is 31.0 Å². The van der Waals surface area contributed by atoms with Crippen LogP contribution in [-0.4, -0.2) is 100 Å². The number of H-pyrrole nitrogens is 1. The summed E-state index contributed by atoms with van der Waals surface area (Å²) in [6.45, 7) is 8.33. The minimum atomic E-state index is -0.274. The molecule has 1 aromatic carbocycles. The highest BCUT2D eigenvalue weighted by molar-refractivity contribution is 5.87. The van der Waals surface area contributed by atoms with Crippen molar-refractivity contribution in [3.63, 3.8) is 0 Å². The first-order valence-electron chi connectivity index (χ1n) is 14.2. The SMILES string of the molecule is C=CC(=O)N1CCN(c2nc(NCCC(=O)N(C)C)nc3c2CN(C)C(c2c(C)ccc4[nH]ncc24)C3)C[C@@H]1CC#N. The quantitative estimate of drug-likeness (QED) is 0.391. The summed E-state index contributed by atoms with van der Waals surface area (Å²) < 4.78 is 0. The molecule has 2 aliphatic rings. The van der Waals surface area contributed by atoms with Gasteiger partial charge in [-0.1, -0.05) is 12.6 Å². The van der Waals surface area contributed by atoms with Crippen LogP contribution < -0.4 is 10.2 Å². The first-order chi connectivity index (χ1) is 20.2. The van der Waals surface area contributed by atoms with Crippen LogP contribution in [0, 0.1) is 18.3 Å². The maximum Gasteiger partial charge on any atom is 0.246 e. The van der Waals surface area contributed by atoms with E-state index in [-0.39, 0.29) is 30.3 Å². The number of anilines is 2. The number of nitriles is 1. The Bertz CT molecular complexity index is 1540. The molecule has 2 N–H and O–H groups in total. The number of carbonyl (C=O) groups is 2. The Morgan fingerprint density at radius 2 is 2.10 bits per heavy atom. The second-order valence-corrected chi connectivity index (χ2v) is 11.2. The van der Waals surface area contributed by atoms with Crippen molar-refractivity contribution >= 4 is 34.5 Å². The lowest BCUT2D eigenvalue weighted by atomic mass is 9.89. The van der Waals surface area contributed by atoms with Gasteiger partial charge in [-0.15, -0.1) is 0 Å². The molecule has 2 aromatic heterocycles. The van der Waals surface area contributed by atoms with Crippen LogP contribution in [0.1, 0.15) is 41.3 Å². The second-order valence-electron chi connectivity index (χ2n) is 11.2. The van der Waals surface area contributed by atoms with Crippen molar-refractivity contribution in [2.24, 2.45) is 0 Å². The van der Waals surface area contributed by atoms with Gasteiger partial charge in [0.2, 0.25) is 17.8 Å². The van der Waals surface area contributed by atoms with Crippen molar-refractivity contribution in [2.45, 2.75) is 44.8 Å². The van der Waals surface area contributed by atoms with Crippen LogP contribution in [0.3, 0.4) is 0 Å². The van der Waals surface area contributed by atoms with Gasteiger partial charge in [-0.3, -0.25) is 19.6 Å². The average Bonchev–Trinajstić information content (AvgIpc) is 3.45. The molecular formula is C30H38N10O2. The molecule has 2 atom stereocenters. The number of carbonyl (C=O) groups excluding carboxylic acids is 2. The van der Waals surface area contributed by atoms with Crippen LogP contribution in [0.2, 0.25) is 0 Å². The lowest BCUT2D eigenvalue weighted by molar-refractivity contribution is -0.129. The van der Waals surface area contributed by atoms with Gasteiger partial charge in [0.05, 0.1) is 35.9 Å². The molecule has 0 saturated carbocycles. The summed E-state index contributed by atoms with van der Waals surface area (Å²) in [5.41, 5.74) is 5.42. The van der Waals surface area contributed by atoms with Crippen molar-refractivity contribution in [3.05, 3.63) is 53.4 Å². The van der Waals surface area contributed by atoms with Crippen LogP contribution in [0.4, 0.5) is 11.8 Å². The number of nitrogens with one attached hydrogen (secondary N) is 2. The Balaban J connectivity index is 1.51. The van der Waals surface area contributed by atoms with Gasteiger partial charge in [0.25, 0.3) is 0 Å². The zero-order chi connectivity index (χ0) is 30.0. The van der Waals surface area contributed by atoms with Crippen molar-refractivity contribution in [1.29, 1.82) is 5.26 Å². The van der Waals surface area contributed by atoms with Gasteiger partial charge in [-0.2, -0.15) is 15.3 Å². The predicted molar refractivity (Wildman–Crippen MR) is 161 cm³/mol. The summed E-state index contributed by atoms with van der Waals surface area (Å²) in [7, 11) is 5.60. The van der Waals surface area contributed by atoms with E-state index in [1.54, 1.807) is 23.9 Å². The molecular weight excluding hydrogens is 532 g/mol. The molecule has 1 saturated heterocycles. The fourth-order valence-electron chi connectivity index (χ4n) is 6.04. The Labute approximate surface area is 246 Å². The van der Waals surface area contributed by atoms with Gasteiger partial charge in [0, 0.05) is 76.7 Å². The number of nitrogens with zero attached hydrogens (tertiary/aromatic N) is 8. The summed E-state index contributed by atoms with van der Waals surface area (Å²) in [6, 6.07) is 6.23. The highest BCUT2D eigenvalue weighted by atomic mass is 16.2. The number of benzene rings is 1. The molecule has 3 aromatic rings. The minimum Gasteiger partial charge on any atom is -0.354 e. The zero-order valence-corrected chi connectivity index (χ0v) is 24.7. The normalized spacial score (nSPS) is 18.8. The van der Waals surface area contributed by atoms with Gasteiger partial charge in [-0.25, -0.2) is 4.98 Å². The monoisotopic (exact) mass is 570 g/mol. The third kappa shape index (κ3) is 5.65. The third-order valence-corrected chi connectivity index (χ3v) is 8.30. The molecule has 1 unspecified atom stereocenters. The summed E-state index contributed by atoms with van der Waals surface area (Å²) in [5.74, 6) is 1.13. The van der Waals surface area contributed by atoms with Crippen molar-refractivity contribution in [3.8, 4) is 6.07 Å². The molecule has 2 aliphatic heterocycles. The van der Waals surface area contributed by atoms with Crippen LogP contribution in [0.25, 0.3) is 10.9 Å². The first kappa shape index (κ1) is 29.0. The number of rotatable bonds is 8. The van der Waals surface area contributed by atoms with Gasteiger partial charge in [0.1, 0.15) is 5.82 Å². The second kappa shape index (κ2) is 12.2. The highest BCUT2D eigenvalue weighted by Gasteiger charge is 2.35. The minimum absolute atomic E-state index is 0.0217. The van der Waals surface area contributed by atoms with Crippen molar-refractivity contribution in [2.75, 3.05) is 57.5 Å². The number of aryl methyl sites for hydroxylation is 1. The van der Waals surface area contributed by atoms with E-state index >= 15 is 0 Å². The van der Waals surface area contributed by atoms with E-state index in [9.17, 15) is 14.9 Å². The van der Waals surface area contributed by atoms with Crippen LogP contribution >= 0.6 is 0 Å². The molecule has 5 rings (SSSR count). The molecule has 42 heavy (non-hydrogen) atoms. The van der Waals surface area contributed by atoms with Gasteiger partial charge >= 0.3 is 0 Å². The first-order valence-corrected chi connectivity index (χ1v) is 14.2. The number of likely N-dealkylation sites (N-methyl/N-ethyl adjacent to an activating group) is 1. The number of hydrogen-bond acceptors (Lipinski definition) is 9. The standard InChI is InChI=1S/C30H38N10O2/c1-6-26(41)40-14-13-39(17-20(40)9-11-31)29-22-18-38(5)25(28-19(2)7-8-23-21(28)16-33-36-23)15-24(22)34-30(35-29)32-12-10-27(42)37(3)4/h6-8,16,20,25H,1,9-10,12-15,17-18H2,2-5H3,(H,33,36)(H,32,34,35)/t20-,25?/m0/s1. The largest absolute Gasteiger partial charge is 0.354 e. The molecule has 4 heterocycles. The molecule has 2 amide bonds. The fourth-order valence-corrected chi connectivity index (χ4v) is 6.04. The fraction of sp³-hybridized carbons (Fsp3) is 0.467. The smallest absolute Gasteiger partial charge is 0.246 e. The Morgan fingerprint density at radius 1 is 1.29 bits per heavy atom. The van der Waals surface area contributed by atoms with Gasteiger partial charge < -0.3 is 20.0 Å². The van der Waals surface area contributed by atoms with E-state index in [4.69, 9.17) is 9.97 Å². The van der Waals surface area contributed by atoms with Crippen LogP contribution in [0.5, 0.6) is 0 Å². The molecule has 12 heteroatoms. The summed E-state index contributed by atoms with van der Waals surface area (Å²) in [4.78, 5) is 42.4. The maximum absolute atomic E-state index is 12.5. The Hall–Kier alpha value is -4.50. The van der Waals surface area contributed by atoms with E-state index in [0.717, 1.165) is 28.0 Å². The number of hydrogen-bond donors (Lipinski definition) is 2. The van der Waals surface area contributed by atoms with Gasteiger partial charge in [-0.05, 0) is 37.2 Å². The van der Waals surface area contributed by atoms with Crippen LogP contribution in [-0.2, 0) is 22.6 Å². The number of fused-ring (bicyclic) bond motifs is 2. The van der Waals surface area contributed by atoms with Gasteiger partial charge in [0.15, 0.2) is 0 Å². The molecule has 1 fully saturated rings. The number of amides is 2. The molecule has 0 bridgehead atoms. The topological polar surface area (TPSA) is 137 Å². The van der Waals surface area contributed by atoms with E-state index in [1.807, 2.05) is 6.20 Å². The van der Waals surface area contributed by atoms with E-state index in [0.29, 0.717) is 51.5 Å². The van der Waals surface area contributed by atoms with E-state index in [1.165, 1.54) is 17.2 Å². The molecule has 0 spiro atoms. The molecule has 220 valence electrons. The van der Waals surface area contributed by atoms with Crippen molar-refractivity contribution < 1.29 is 9.59 Å². The van der Waals surface area contributed by atoms with Crippen molar-refractivity contribution in [1.82, 2.24) is 34.9 Å². The third-order valence-electron chi connectivity index (χ3n) is 8.30. The van der Waals surface area contributed by atoms with E-state index in [2.05, 4.69) is 64.1 Å². The highest BCUT2D eigenvalue weighted by Crippen LogP contribution is 2.39. The summed E-state index contributed by atoms with van der Waals surface area (Å²) >= 11 is 0. The van der Waals surface area contributed by atoms with E-state index < -0.39 is 0 Å². The predicted octanol–water partition coefficient (Wildman–Crippen LogP) is 2.40. The molecule has 12 nitrogen and oxygen atoms in total. The Morgan fingerprint density at radius 3 is 2.83 bits per heavy atom. The maximum atomic E-state index is 12.5. The lowest BCUT2D eigenvalue weighted by Gasteiger charge is -2.43. The molecule has 0 radical (unpaired) electrons. The number of aromatic nitrogens is 4. The number of piperazine rings is 1. The number of aromatic amines is 1. The lowest BCUT2D eigenvalue weighted by Crippen LogP contribution is -2.55. The average molecular weight is 571 g/mol. The summed E-state index contributed by atoms with van der Waals surface area (Å²) in [5, 5.41) is 21.3. The summed E-state index contributed by atoms with van der Waals surface area (Å²) in [6.07, 6.45) is 4.41. The zero-order valence-electron chi connectivity index (χ0n) is 24.7.